The number of aryl methyl sites for hydroxylation is 3. The standard InChI is InChI=1S/C12H16N2O2/c1-8-9-4-2-3-5-10(9)14-11(13-8)6-7-12(15)16/h2-7H2,1H3,(H,15,16). The SMILES string of the molecule is Cc1nc(CCC(=O)O)nc2c1CCCC2. The van der Waals surface area contributed by atoms with Crippen LogP contribution in [0.15, 0.2) is 0 Å². The van der Waals surface area contributed by atoms with Gasteiger partial charge in [0, 0.05) is 17.8 Å². The van der Waals surface area contributed by atoms with Gasteiger partial charge in [0.1, 0.15) is 5.82 Å². The molecule has 0 saturated carbocycles. The third-order valence-electron chi connectivity index (χ3n) is 3.00. The van der Waals surface area contributed by atoms with Crippen LogP contribution >= 0.6 is 0 Å². The second-order valence-electron chi connectivity index (χ2n) is 4.25. The molecule has 0 unspecified atom stereocenters. The van der Waals surface area contributed by atoms with Crippen LogP contribution < -0.4 is 0 Å². The van der Waals surface area contributed by atoms with E-state index in [1.807, 2.05) is 6.92 Å². The second kappa shape index (κ2) is 4.60. The van der Waals surface area contributed by atoms with Gasteiger partial charge in [0.05, 0.1) is 6.42 Å². The Bertz CT molecular complexity index is 416. The van der Waals surface area contributed by atoms with Gasteiger partial charge in [0.25, 0.3) is 0 Å². The molecule has 0 spiro atoms. The summed E-state index contributed by atoms with van der Waals surface area (Å²) in [6.45, 7) is 2.00. The van der Waals surface area contributed by atoms with Crippen LogP contribution in [0.25, 0.3) is 0 Å². The average molecular weight is 220 g/mol. The first kappa shape index (κ1) is 11.0. The van der Waals surface area contributed by atoms with Gasteiger partial charge in [-0.25, -0.2) is 9.97 Å². The Morgan fingerprint density at radius 3 is 2.81 bits per heavy atom. The highest BCUT2D eigenvalue weighted by Gasteiger charge is 2.15. The van der Waals surface area contributed by atoms with E-state index in [1.54, 1.807) is 0 Å². The summed E-state index contributed by atoms with van der Waals surface area (Å²) in [6.07, 6.45) is 5.02. The molecule has 16 heavy (non-hydrogen) atoms. The Kier molecular flexibility index (Phi) is 3.17. The minimum Gasteiger partial charge on any atom is -0.481 e. The molecule has 0 bridgehead atoms. The van der Waals surface area contributed by atoms with Crippen LogP contribution in [0.1, 0.15) is 42.0 Å². The van der Waals surface area contributed by atoms with E-state index in [-0.39, 0.29) is 6.42 Å². The molecule has 2 rings (SSSR count). The lowest BCUT2D eigenvalue weighted by Gasteiger charge is -2.17. The number of hydrogen-bond donors (Lipinski definition) is 1. The maximum atomic E-state index is 10.5. The topological polar surface area (TPSA) is 63.1 Å². The number of aromatic nitrogens is 2. The molecule has 1 aliphatic carbocycles. The van der Waals surface area contributed by atoms with Gasteiger partial charge in [-0.3, -0.25) is 4.79 Å². The lowest BCUT2D eigenvalue weighted by atomic mass is 9.95. The third-order valence-corrected chi connectivity index (χ3v) is 3.00. The van der Waals surface area contributed by atoms with Crippen LogP contribution in [-0.4, -0.2) is 21.0 Å². The van der Waals surface area contributed by atoms with Gasteiger partial charge in [0.15, 0.2) is 0 Å². The summed E-state index contributed by atoms with van der Waals surface area (Å²) in [6, 6.07) is 0. The number of aliphatic carboxylic acids is 1. The van der Waals surface area contributed by atoms with Gasteiger partial charge in [-0.1, -0.05) is 0 Å². The van der Waals surface area contributed by atoms with Crippen molar-refractivity contribution in [2.24, 2.45) is 0 Å². The molecule has 0 amide bonds. The Morgan fingerprint density at radius 2 is 2.06 bits per heavy atom. The van der Waals surface area contributed by atoms with Gasteiger partial charge in [0.2, 0.25) is 0 Å². The van der Waals surface area contributed by atoms with E-state index < -0.39 is 5.97 Å². The fraction of sp³-hybridized carbons (Fsp3) is 0.583. The van der Waals surface area contributed by atoms with Crippen molar-refractivity contribution in [3.8, 4) is 0 Å². The van der Waals surface area contributed by atoms with E-state index in [0.717, 1.165) is 24.2 Å². The molecule has 1 aromatic rings. The van der Waals surface area contributed by atoms with Crippen molar-refractivity contribution in [2.45, 2.75) is 45.4 Å². The van der Waals surface area contributed by atoms with Crippen molar-refractivity contribution in [3.05, 3.63) is 22.8 Å². The van der Waals surface area contributed by atoms with Gasteiger partial charge < -0.3 is 5.11 Å². The van der Waals surface area contributed by atoms with E-state index in [1.165, 1.54) is 18.4 Å². The van der Waals surface area contributed by atoms with Gasteiger partial charge in [-0.15, -0.1) is 0 Å². The van der Waals surface area contributed by atoms with Gasteiger partial charge >= 0.3 is 5.97 Å². The van der Waals surface area contributed by atoms with Crippen molar-refractivity contribution in [1.29, 1.82) is 0 Å². The Hall–Kier alpha value is -1.45. The number of carboxylic acid groups (broad SMARTS) is 1. The number of hydrogen-bond acceptors (Lipinski definition) is 3. The number of nitrogens with zero attached hydrogens (tertiary/aromatic N) is 2. The molecule has 1 aromatic heterocycles. The molecule has 1 N–H and O–H groups in total. The van der Waals surface area contributed by atoms with Crippen molar-refractivity contribution < 1.29 is 9.90 Å². The predicted octanol–water partition coefficient (Wildman–Crippen LogP) is 1.68. The molecule has 4 nitrogen and oxygen atoms in total. The molecule has 0 aliphatic heterocycles. The van der Waals surface area contributed by atoms with E-state index in [9.17, 15) is 4.79 Å². The minimum atomic E-state index is -0.793. The molecule has 86 valence electrons. The maximum Gasteiger partial charge on any atom is 0.303 e. The molecule has 1 aliphatic rings. The highest BCUT2D eigenvalue weighted by atomic mass is 16.4. The monoisotopic (exact) mass is 220 g/mol. The lowest BCUT2D eigenvalue weighted by Crippen LogP contribution is -2.12. The molecule has 0 saturated heterocycles. The zero-order valence-corrected chi connectivity index (χ0v) is 9.49. The largest absolute Gasteiger partial charge is 0.481 e. The molecule has 4 heteroatoms. The first-order chi connectivity index (χ1) is 7.66. The quantitative estimate of drug-likeness (QED) is 0.841. The average Bonchev–Trinajstić information content (AvgIpc) is 2.26. The molecule has 0 radical (unpaired) electrons. The normalized spacial score (nSPS) is 14.6. The predicted molar refractivity (Wildman–Crippen MR) is 59.4 cm³/mol. The van der Waals surface area contributed by atoms with Crippen LogP contribution in [0.5, 0.6) is 0 Å². The fourth-order valence-electron chi connectivity index (χ4n) is 2.17. The van der Waals surface area contributed by atoms with Crippen LogP contribution in [0, 0.1) is 6.92 Å². The van der Waals surface area contributed by atoms with Crippen LogP contribution in [0.2, 0.25) is 0 Å². The zero-order chi connectivity index (χ0) is 11.5. The second-order valence-corrected chi connectivity index (χ2v) is 4.25. The fourth-order valence-corrected chi connectivity index (χ4v) is 2.17. The molecule has 0 fully saturated rings. The summed E-state index contributed by atoms with van der Waals surface area (Å²) >= 11 is 0. The first-order valence-corrected chi connectivity index (χ1v) is 5.74. The molecular weight excluding hydrogens is 204 g/mol. The summed E-state index contributed by atoms with van der Waals surface area (Å²) < 4.78 is 0. The first-order valence-electron chi connectivity index (χ1n) is 5.74. The number of fused-ring (bicyclic) bond motifs is 1. The van der Waals surface area contributed by atoms with E-state index >= 15 is 0 Å². The highest BCUT2D eigenvalue weighted by molar-refractivity contribution is 5.66. The lowest BCUT2D eigenvalue weighted by molar-refractivity contribution is -0.137. The molecule has 0 aromatic carbocycles. The van der Waals surface area contributed by atoms with E-state index in [2.05, 4.69) is 9.97 Å². The summed E-state index contributed by atoms with van der Waals surface area (Å²) in [5.74, 6) is -0.112. The molecule has 0 atom stereocenters. The Morgan fingerprint density at radius 1 is 1.31 bits per heavy atom. The van der Waals surface area contributed by atoms with Crippen LogP contribution in [0.4, 0.5) is 0 Å². The van der Waals surface area contributed by atoms with Crippen LogP contribution in [0.3, 0.4) is 0 Å². The number of carbonyl (C=O) groups is 1. The van der Waals surface area contributed by atoms with Crippen molar-refractivity contribution in [2.75, 3.05) is 0 Å². The minimum absolute atomic E-state index is 0.109. The third kappa shape index (κ3) is 2.38. The smallest absolute Gasteiger partial charge is 0.303 e. The van der Waals surface area contributed by atoms with Crippen molar-refractivity contribution in [1.82, 2.24) is 9.97 Å². The highest BCUT2D eigenvalue weighted by Crippen LogP contribution is 2.21. The van der Waals surface area contributed by atoms with E-state index in [4.69, 9.17) is 5.11 Å². The summed E-state index contributed by atoms with van der Waals surface area (Å²) in [5.41, 5.74) is 3.45. The molecule has 1 heterocycles. The van der Waals surface area contributed by atoms with Crippen molar-refractivity contribution in [3.63, 3.8) is 0 Å². The molecular formula is C12H16N2O2. The number of carboxylic acids is 1. The zero-order valence-electron chi connectivity index (χ0n) is 9.49. The summed E-state index contributed by atoms with van der Waals surface area (Å²) in [5, 5.41) is 8.63. The maximum absolute atomic E-state index is 10.5. The Balaban J connectivity index is 2.21. The van der Waals surface area contributed by atoms with Gasteiger partial charge in [-0.05, 0) is 38.2 Å². The van der Waals surface area contributed by atoms with E-state index in [0.29, 0.717) is 12.2 Å². The summed E-state index contributed by atoms with van der Waals surface area (Å²) in [4.78, 5) is 19.3. The van der Waals surface area contributed by atoms with Gasteiger partial charge in [-0.2, -0.15) is 0 Å². The van der Waals surface area contributed by atoms with Crippen molar-refractivity contribution >= 4 is 5.97 Å². The number of rotatable bonds is 3. The van der Waals surface area contributed by atoms with Crippen LogP contribution in [-0.2, 0) is 24.1 Å². The summed E-state index contributed by atoms with van der Waals surface area (Å²) in [7, 11) is 0. The Labute approximate surface area is 94.7 Å².